The smallest absolute Gasteiger partial charge is 0.246 e. The topological polar surface area (TPSA) is 81.3 Å². The Bertz CT molecular complexity index is 577. The lowest BCUT2D eigenvalue weighted by molar-refractivity contribution is 0.358. The molecule has 8 heteroatoms. The lowest BCUT2D eigenvalue weighted by Gasteiger charge is -2.20. The Kier molecular flexibility index (Phi) is 5.03. The molecule has 120 valence electrons. The van der Waals surface area contributed by atoms with Crippen LogP contribution >= 0.6 is 0 Å². The third-order valence-corrected chi connectivity index (χ3v) is 5.69. The van der Waals surface area contributed by atoms with E-state index in [1.165, 1.54) is 4.31 Å². The van der Waals surface area contributed by atoms with Crippen LogP contribution in [-0.4, -0.2) is 68.1 Å². The van der Waals surface area contributed by atoms with Crippen LogP contribution in [0, 0.1) is 6.92 Å². The number of rotatable bonds is 8. The molecule has 0 atom stereocenters. The van der Waals surface area contributed by atoms with E-state index in [2.05, 4.69) is 15.5 Å². The number of hydrogen-bond acceptors (Lipinski definition) is 5. The maximum atomic E-state index is 12.7. The highest BCUT2D eigenvalue weighted by atomic mass is 32.2. The van der Waals surface area contributed by atoms with Gasteiger partial charge in [-0.25, -0.2) is 8.42 Å². The van der Waals surface area contributed by atoms with Crippen LogP contribution in [0.3, 0.4) is 0 Å². The number of nitrogens with one attached hydrogen (secondary N) is 2. The van der Waals surface area contributed by atoms with Crippen LogP contribution in [0.4, 0.5) is 0 Å². The van der Waals surface area contributed by atoms with Crippen LogP contribution in [0.5, 0.6) is 0 Å². The van der Waals surface area contributed by atoms with E-state index in [4.69, 9.17) is 0 Å². The standard InChI is InChI=1S/C13H25N5O2S/c1-10-13(12(16-15-10)9-14-11-5-6-11)21(19,20)18(4)8-7-17(2)3/h11,14H,5-9H2,1-4H3,(H,15,16). The van der Waals surface area contributed by atoms with Gasteiger partial charge in [0, 0.05) is 32.7 Å². The maximum Gasteiger partial charge on any atom is 0.246 e. The molecule has 1 fully saturated rings. The molecular formula is C13H25N5O2S. The van der Waals surface area contributed by atoms with E-state index in [1.54, 1.807) is 14.0 Å². The molecule has 1 aromatic rings. The number of nitrogens with zero attached hydrogens (tertiary/aromatic N) is 3. The van der Waals surface area contributed by atoms with Crippen molar-refractivity contribution in [1.82, 2.24) is 24.7 Å². The third kappa shape index (κ3) is 4.03. The van der Waals surface area contributed by atoms with Gasteiger partial charge in [-0.1, -0.05) is 0 Å². The fraction of sp³-hybridized carbons (Fsp3) is 0.769. The third-order valence-electron chi connectivity index (χ3n) is 3.63. The molecule has 0 radical (unpaired) electrons. The largest absolute Gasteiger partial charge is 0.308 e. The predicted octanol–water partition coefficient (Wildman–Crippen LogP) is 0.152. The number of H-pyrrole nitrogens is 1. The zero-order valence-electron chi connectivity index (χ0n) is 13.2. The molecule has 0 aliphatic heterocycles. The van der Waals surface area contributed by atoms with Gasteiger partial charge in [0.2, 0.25) is 10.0 Å². The van der Waals surface area contributed by atoms with Crippen molar-refractivity contribution >= 4 is 10.0 Å². The van der Waals surface area contributed by atoms with Crippen molar-refractivity contribution in [2.24, 2.45) is 0 Å². The average Bonchev–Trinajstić information content (AvgIpc) is 3.16. The van der Waals surface area contributed by atoms with E-state index < -0.39 is 10.0 Å². The number of hydrogen-bond donors (Lipinski definition) is 2. The lowest BCUT2D eigenvalue weighted by atomic mass is 10.3. The van der Waals surface area contributed by atoms with E-state index in [9.17, 15) is 8.42 Å². The van der Waals surface area contributed by atoms with E-state index in [0.29, 0.717) is 42.0 Å². The zero-order chi connectivity index (χ0) is 15.6. The van der Waals surface area contributed by atoms with E-state index in [0.717, 1.165) is 12.8 Å². The summed E-state index contributed by atoms with van der Waals surface area (Å²) < 4.78 is 26.8. The highest BCUT2D eigenvalue weighted by molar-refractivity contribution is 7.89. The van der Waals surface area contributed by atoms with Crippen molar-refractivity contribution in [2.75, 3.05) is 34.2 Å². The molecule has 2 rings (SSSR count). The summed E-state index contributed by atoms with van der Waals surface area (Å²) >= 11 is 0. The van der Waals surface area contributed by atoms with Crippen molar-refractivity contribution in [3.63, 3.8) is 0 Å². The predicted molar refractivity (Wildman–Crippen MR) is 81.6 cm³/mol. The Morgan fingerprint density at radius 1 is 1.29 bits per heavy atom. The van der Waals surface area contributed by atoms with E-state index in [1.807, 2.05) is 19.0 Å². The van der Waals surface area contributed by atoms with E-state index >= 15 is 0 Å². The Morgan fingerprint density at radius 3 is 2.52 bits per heavy atom. The van der Waals surface area contributed by atoms with Gasteiger partial charge in [-0.15, -0.1) is 0 Å². The van der Waals surface area contributed by atoms with Crippen LogP contribution in [0.1, 0.15) is 24.2 Å². The number of likely N-dealkylation sites (N-methyl/N-ethyl adjacent to an activating group) is 2. The second-order valence-electron chi connectivity index (χ2n) is 5.91. The van der Waals surface area contributed by atoms with Crippen molar-refractivity contribution in [1.29, 1.82) is 0 Å². The second-order valence-corrected chi connectivity index (χ2v) is 7.89. The average molecular weight is 315 g/mol. The minimum Gasteiger partial charge on any atom is -0.308 e. The Balaban J connectivity index is 2.15. The van der Waals surface area contributed by atoms with Gasteiger partial charge in [-0.05, 0) is 33.9 Å². The zero-order valence-corrected chi connectivity index (χ0v) is 14.0. The van der Waals surface area contributed by atoms with Crippen molar-refractivity contribution in [3.8, 4) is 0 Å². The highest BCUT2D eigenvalue weighted by Crippen LogP contribution is 2.23. The van der Waals surface area contributed by atoms with Gasteiger partial charge in [0.1, 0.15) is 4.90 Å². The molecule has 0 spiro atoms. The first-order chi connectivity index (χ1) is 9.82. The Hall–Kier alpha value is -0.960. The summed E-state index contributed by atoms with van der Waals surface area (Å²) in [6.07, 6.45) is 2.32. The van der Waals surface area contributed by atoms with Gasteiger partial charge >= 0.3 is 0 Å². The van der Waals surface area contributed by atoms with Crippen LogP contribution < -0.4 is 5.32 Å². The quantitative estimate of drug-likeness (QED) is 0.714. The molecule has 1 aromatic heterocycles. The van der Waals surface area contributed by atoms with Crippen molar-refractivity contribution in [3.05, 3.63) is 11.4 Å². The molecule has 1 aliphatic carbocycles. The first-order valence-corrected chi connectivity index (χ1v) is 8.64. The van der Waals surface area contributed by atoms with E-state index in [-0.39, 0.29) is 0 Å². The van der Waals surface area contributed by atoms with Crippen molar-refractivity contribution < 1.29 is 8.42 Å². The normalized spacial score (nSPS) is 16.1. The molecule has 1 heterocycles. The monoisotopic (exact) mass is 315 g/mol. The summed E-state index contributed by atoms with van der Waals surface area (Å²) in [5.41, 5.74) is 1.18. The minimum atomic E-state index is -3.51. The number of aryl methyl sites for hydroxylation is 1. The summed E-state index contributed by atoms with van der Waals surface area (Å²) in [5, 5.41) is 10.3. The number of aromatic amines is 1. The SMILES string of the molecule is Cc1[nH]nc(CNC2CC2)c1S(=O)(=O)N(C)CCN(C)C. The van der Waals surface area contributed by atoms with Crippen LogP contribution in [-0.2, 0) is 16.6 Å². The molecule has 1 saturated carbocycles. The molecule has 21 heavy (non-hydrogen) atoms. The summed E-state index contributed by atoms with van der Waals surface area (Å²) in [7, 11) is 1.96. The summed E-state index contributed by atoms with van der Waals surface area (Å²) in [6, 6.07) is 0.518. The summed E-state index contributed by atoms with van der Waals surface area (Å²) in [5.74, 6) is 0. The highest BCUT2D eigenvalue weighted by Gasteiger charge is 2.29. The van der Waals surface area contributed by atoms with Crippen molar-refractivity contribution in [2.45, 2.75) is 37.2 Å². The minimum absolute atomic E-state index is 0.317. The Labute approximate surface area is 126 Å². The van der Waals surface area contributed by atoms with Gasteiger partial charge in [0.05, 0.1) is 11.4 Å². The fourth-order valence-electron chi connectivity index (χ4n) is 2.08. The summed E-state index contributed by atoms with van der Waals surface area (Å²) in [4.78, 5) is 2.28. The summed E-state index contributed by atoms with van der Waals surface area (Å²) in [6.45, 7) is 3.38. The maximum absolute atomic E-state index is 12.7. The second kappa shape index (κ2) is 6.43. The van der Waals surface area contributed by atoms with Gasteiger partial charge in [-0.3, -0.25) is 5.10 Å². The van der Waals surface area contributed by atoms with Gasteiger partial charge < -0.3 is 10.2 Å². The van der Waals surface area contributed by atoms with Gasteiger partial charge in [0.15, 0.2) is 0 Å². The number of sulfonamides is 1. The number of aromatic nitrogens is 2. The molecule has 2 N–H and O–H groups in total. The molecule has 7 nitrogen and oxygen atoms in total. The molecule has 0 unspecified atom stereocenters. The molecule has 1 aliphatic rings. The molecule has 0 aromatic carbocycles. The molecular weight excluding hydrogens is 290 g/mol. The Morgan fingerprint density at radius 2 is 1.95 bits per heavy atom. The molecule has 0 bridgehead atoms. The first-order valence-electron chi connectivity index (χ1n) is 7.20. The first kappa shape index (κ1) is 16.4. The van der Waals surface area contributed by atoms with Gasteiger partial charge in [-0.2, -0.15) is 9.40 Å². The molecule has 0 amide bonds. The lowest BCUT2D eigenvalue weighted by Crippen LogP contribution is -2.34. The molecule has 0 saturated heterocycles. The van der Waals surface area contributed by atoms with Gasteiger partial charge in [0.25, 0.3) is 0 Å². The van der Waals surface area contributed by atoms with Crippen LogP contribution in [0.15, 0.2) is 4.90 Å². The van der Waals surface area contributed by atoms with Crippen LogP contribution in [0.2, 0.25) is 0 Å². The fourth-order valence-corrected chi connectivity index (χ4v) is 3.56. The van der Waals surface area contributed by atoms with Crippen LogP contribution in [0.25, 0.3) is 0 Å².